The first-order valence-electron chi connectivity index (χ1n) is 12.3. The van der Waals surface area contributed by atoms with Crippen LogP contribution < -0.4 is 14.8 Å². The van der Waals surface area contributed by atoms with Crippen LogP contribution in [0.5, 0.6) is 11.5 Å². The molecule has 1 heterocycles. The van der Waals surface area contributed by atoms with Crippen LogP contribution in [0.2, 0.25) is 5.02 Å². The van der Waals surface area contributed by atoms with Crippen LogP contribution in [0.15, 0.2) is 71.8 Å². The van der Waals surface area contributed by atoms with E-state index in [0.717, 1.165) is 39.3 Å². The average molecular weight is 558 g/mol. The maximum absolute atomic E-state index is 12.8. The van der Waals surface area contributed by atoms with Gasteiger partial charge in [0.15, 0.2) is 0 Å². The number of anilines is 1. The van der Waals surface area contributed by atoms with Gasteiger partial charge in [0.1, 0.15) is 22.6 Å². The molecule has 0 aliphatic rings. The van der Waals surface area contributed by atoms with Crippen LogP contribution >= 0.6 is 23.4 Å². The lowest BCUT2D eigenvalue weighted by Crippen LogP contribution is -2.13. The zero-order valence-electron chi connectivity index (χ0n) is 22.2. The van der Waals surface area contributed by atoms with Crippen molar-refractivity contribution >= 4 is 35.0 Å². The molecule has 0 bridgehead atoms. The minimum absolute atomic E-state index is 0.175. The van der Waals surface area contributed by atoms with E-state index in [0.29, 0.717) is 32.8 Å². The number of carbonyl (C=O) groups is 1. The molecule has 198 valence electrons. The first-order valence-corrected chi connectivity index (χ1v) is 13.6. The van der Waals surface area contributed by atoms with Gasteiger partial charge in [-0.1, -0.05) is 41.4 Å². The third-order valence-electron chi connectivity index (χ3n) is 6.17. The molecule has 0 saturated heterocycles. The summed E-state index contributed by atoms with van der Waals surface area (Å²) >= 11 is 7.57. The molecule has 39 heavy (non-hydrogen) atoms. The first-order chi connectivity index (χ1) is 18.8. The second-order valence-electron chi connectivity index (χ2n) is 8.89. The van der Waals surface area contributed by atoms with Gasteiger partial charge >= 0.3 is 0 Å². The van der Waals surface area contributed by atoms with Crippen molar-refractivity contribution in [2.45, 2.75) is 25.3 Å². The van der Waals surface area contributed by atoms with E-state index >= 15 is 0 Å². The summed E-state index contributed by atoms with van der Waals surface area (Å²) in [7, 11) is 3.16. The van der Waals surface area contributed by atoms with Crippen molar-refractivity contribution in [1.82, 2.24) is 4.98 Å². The summed E-state index contributed by atoms with van der Waals surface area (Å²) in [6, 6.07) is 23.5. The SMILES string of the molecule is COc1ccc(-c2cc(-c3ccc(C)cc3)c(C#N)c(SCCC(=O)Nc3cc(C)c(Cl)cc3OC)n2)cc1. The third kappa shape index (κ3) is 6.72. The minimum Gasteiger partial charge on any atom is -0.497 e. The predicted molar refractivity (Wildman–Crippen MR) is 158 cm³/mol. The molecule has 1 amide bonds. The van der Waals surface area contributed by atoms with Crippen molar-refractivity contribution in [3.8, 4) is 40.0 Å². The van der Waals surface area contributed by atoms with Gasteiger partial charge in [-0.05, 0) is 61.4 Å². The van der Waals surface area contributed by atoms with Crippen LogP contribution in [0, 0.1) is 25.2 Å². The smallest absolute Gasteiger partial charge is 0.225 e. The lowest BCUT2D eigenvalue weighted by Gasteiger charge is -2.14. The van der Waals surface area contributed by atoms with Gasteiger partial charge < -0.3 is 14.8 Å². The molecule has 1 N–H and O–H groups in total. The number of pyridine rings is 1. The predicted octanol–water partition coefficient (Wildman–Crippen LogP) is 7.70. The monoisotopic (exact) mass is 557 g/mol. The summed E-state index contributed by atoms with van der Waals surface area (Å²) in [6.45, 7) is 3.89. The van der Waals surface area contributed by atoms with Crippen molar-refractivity contribution in [2.75, 3.05) is 25.3 Å². The molecule has 8 heteroatoms. The number of thioether (sulfide) groups is 1. The molecule has 4 aromatic rings. The molecular formula is C31H28ClN3O3S. The first kappa shape index (κ1) is 28.0. The average Bonchev–Trinajstić information content (AvgIpc) is 2.95. The molecule has 0 radical (unpaired) electrons. The normalized spacial score (nSPS) is 10.6. The van der Waals surface area contributed by atoms with Crippen molar-refractivity contribution < 1.29 is 14.3 Å². The van der Waals surface area contributed by atoms with Crippen LogP contribution in [-0.2, 0) is 4.79 Å². The largest absolute Gasteiger partial charge is 0.497 e. The van der Waals surface area contributed by atoms with Crippen molar-refractivity contribution in [1.29, 1.82) is 5.26 Å². The van der Waals surface area contributed by atoms with Gasteiger partial charge in [-0.3, -0.25) is 4.79 Å². The molecule has 0 unspecified atom stereocenters. The van der Waals surface area contributed by atoms with E-state index in [1.807, 2.05) is 68.4 Å². The van der Waals surface area contributed by atoms with Crippen molar-refractivity contribution in [3.63, 3.8) is 0 Å². The van der Waals surface area contributed by atoms with Crippen LogP contribution in [0.25, 0.3) is 22.4 Å². The Hall–Kier alpha value is -3.99. The Balaban J connectivity index is 1.61. The van der Waals surface area contributed by atoms with Gasteiger partial charge in [-0.2, -0.15) is 5.26 Å². The standard InChI is InChI=1S/C31H28ClN3O3S/c1-19-5-7-21(8-6-19)24-16-27(22-9-11-23(37-3)12-10-22)35-31(25(24)18-33)39-14-13-30(36)34-28-15-20(2)26(32)17-29(28)38-4/h5-12,15-17H,13-14H2,1-4H3,(H,34,36). The molecule has 0 spiro atoms. The summed E-state index contributed by atoms with van der Waals surface area (Å²) in [5.41, 5.74) is 6.38. The molecule has 4 rings (SSSR count). The number of nitriles is 1. The van der Waals surface area contributed by atoms with Gasteiger partial charge in [0.05, 0.1) is 31.2 Å². The number of hydrogen-bond acceptors (Lipinski definition) is 6. The number of ether oxygens (including phenoxy) is 2. The van der Waals surface area contributed by atoms with Crippen molar-refractivity contribution in [3.05, 3.63) is 88.4 Å². The lowest BCUT2D eigenvalue weighted by molar-refractivity contribution is -0.115. The summed E-state index contributed by atoms with van der Waals surface area (Å²) in [5.74, 6) is 1.50. The maximum atomic E-state index is 12.8. The summed E-state index contributed by atoms with van der Waals surface area (Å²) in [5, 5.41) is 14.2. The number of hydrogen-bond donors (Lipinski definition) is 1. The second kappa shape index (κ2) is 12.7. The second-order valence-corrected chi connectivity index (χ2v) is 10.4. The van der Waals surface area contributed by atoms with Gasteiger partial charge in [0, 0.05) is 34.4 Å². The number of benzene rings is 3. The minimum atomic E-state index is -0.175. The summed E-state index contributed by atoms with van der Waals surface area (Å²) in [4.78, 5) is 17.6. The molecular weight excluding hydrogens is 530 g/mol. The zero-order valence-corrected chi connectivity index (χ0v) is 23.7. The quantitative estimate of drug-likeness (QED) is 0.212. The highest BCUT2D eigenvalue weighted by Gasteiger charge is 2.17. The van der Waals surface area contributed by atoms with Gasteiger partial charge in [0.25, 0.3) is 0 Å². The van der Waals surface area contributed by atoms with E-state index in [2.05, 4.69) is 11.4 Å². The molecule has 0 fully saturated rings. The Bertz CT molecular complexity index is 1530. The van der Waals surface area contributed by atoms with Crippen LogP contribution in [-0.4, -0.2) is 30.9 Å². The molecule has 0 atom stereocenters. The van der Waals surface area contributed by atoms with E-state index in [1.165, 1.54) is 18.9 Å². The number of nitrogens with one attached hydrogen (secondary N) is 1. The zero-order chi connectivity index (χ0) is 27.9. The number of carbonyl (C=O) groups excluding carboxylic acids is 1. The summed E-state index contributed by atoms with van der Waals surface area (Å²) < 4.78 is 10.7. The highest BCUT2D eigenvalue weighted by Crippen LogP contribution is 2.35. The summed E-state index contributed by atoms with van der Waals surface area (Å²) in [6.07, 6.45) is 0.217. The fraction of sp³-hybridized carbons (Fsp3) is 0.194. The van der Waals surface area contributed by atoms with Gasteiger partial charge in [0.2, 0.25) is 5.91 Å². The van der Waals surface area contributed by atoms with Crippen LogP contribution in [0.1, 0.15) is 23.1 Å². The fourth-order valence-electron chi connectivity index (χ4n) is 3.99. The number of nitrogens with zero attached hydrogens (tertiary/aromatic N) is 2. The fourth-order valence-corrected chi connectivity index (χ4v) is 5.08. The van der Waals surface area contributed by atoms with Gasteiger partial charge in [-0.25, -0.2) is 4.98 Å². The number of amides is 1. The number of methoxy groups -OCH3 is 2. The number of halogens is 1. The third-order valence-corrected chi connectivity index (χ3v) is 7.55. The highest BCUT2D eigenvalue weighted by molar-refractivity contribution is 7.99. The molecule has 0 saturated carbocycles. The maximum Gasteiger partial charge on any atom is 0.225 e. The number of aryl methyl sites for hydroxylation is 2. The Morgan fingerprint density at radius 1 is 1.00 bits per heavy atom. The van der Waals surface area contributed by atoms with Gasteiger partial charge in [-0.15, -0.1) is 11.8 Å². The lowest BCUT2D eigenvalue weighted by atomic mass is 9.98. The Labute approximate surface area is 237 Å². The number of rotatable bonds is 9. The Kier molecular flexibility index (Phi) is 9.13. The Morgan fingerprint density at radius 2 is 1.69 bits per heavy atom. The van der Waals surface area contributed by atoms with E-state index < -0.39 is 0 Å². The van der Waals surface area contributed by atoms with E-state index in [9.17, 15) is 10.1 Å². The molecule has 6 nitrogen and oxygen atoms in total. The van der Waals surface area contributed by atoms with Crippen molar-refractivity contribution in [2.24, 2.45) is 0 Å². The number of aromatic nitrogens is 1. The molecule has 1 aromatic heterocycles. The van der Waals surface area contributed by atoms with E-state index in [4.69, 9.17) is 26.1 Å². The topological polar surface area (TPSA) is 84.2 Å². The van der Waals surface area contributed by atoms with Crippen LogP contribution in [0.4, 0.5) is 5.69 Å². The molecule has 0 aliphatic carbocycles. The Morgan fingerprint density at radius 3 is 2.33 bits per heavy atom. The van der Waals surface area contributed by atoms with E-state index in [1.54, 1.807) is 19.2 Å². The van der Waals surface area contributed by atoms with E-state index in [-0.39, 0.29) is 12.3 Å². The highest BCUT2D eigenvalue weighted by atomic mass is 35.5. The molecule has 3 aromatic carbocycles. The van der Waals surface area contributed by atoms with Crippen LogP contribution in [0.3, 0.4) is 0 Å². The molecule has 0 aliphatic heterocycles.